The Kier molecular flexibility index (Phi) is 6.09. The second-order valence-corrected chi connectivity index (χ2v) is 7.18. The zero-order chi connectivity index (χ0) is 20.1. The van der Waals surface area contributed by atoms with E-state index in [1.807, 2.05) is 63.2 Å². The molecule has 28 heavy (non-hydrogen) atoms. The summed E-state index contributed by atoms with van der Waals surface area (Å²) < 4.78 is 5.93. The first-order valence-corrected chi connectivity index (χ1v) is 9.45. The van der Waals surface area contributed by atoms with Gasteiger partial charge in [-0.15, -0.1) is 0 Å². The Labute approximate surface area is 166 Å². The van der Waals surface area contributed by atoms with E-state index in [1.165, 1.54) is 11.1 Å². The summed E-state index contributed by atoms with van der Waals surface area (Å²) in [4.78, 5) is 16.6. The number of ether oxygens (including phenoxy) is 1. The monoisotopic (exact) mass is 374 g/mol. The maximum absolute atomic E-state index is 12.5. The molecule has 0 spiro atoms. The lowest BCUT2D eigenvalue weighted by Crippen LogP contribution is -2.30. The van der Waals surface area contributed by atoms with Crippen LogP contribution in [0.1, 0.15) is 34.7 Å². The van der Waals surface area contributed by atoms with E-state index in [1.54, 1.807) is 19.3 Å². The minimum atomic E-state index is -0.587. The highest BCUT2D eigenvalue weighted by atomic mass is 16.5. The summed E-state index contributed by atoms with van der Waals surface area (Å²) in [6.45, 7) is 7.85. The molecule has 4 nitrogen and oxygen atoms in total. The van der Waals surface area contributed by atoms with Gasteiger partial charge in [-0.3, -0.25) is 9.78 Å². The van der Waals surface area contributed by atoms with Crippen LogP contribution in [0.25, 0.3) is 0 Å². The highest BCUT2D eigenvalue weighted by Crippen LogP contribution is 2.24. The molecule has 0 bridgehead atoms. The van der Waals surface area contributed by atoms with Crippen molar-refractivity contribution in [1.82, 2.24) is 4.98 Å². The highest BCUT2D eigenvalue weighted by Gasteiger charge is 2.16. The number of nitrogens with zero attached hydrogens (tertiary/aromatic N) is 1. The van der Waals surface area contributed by atoms with Gasteiger partial charge in [0.15, 0.2) is 6.10 Å². The number of carbonyl (C=O) groups excluding carboxylic acids is 1. The fraction of sp³-hybridized carbons (Fsp3) is 0.250. The molecular formula is C24H26N2O2. The Morgan fingerprint density at radius 1 is 1.00 bits per heavy atom. The average molecular weight is 374 g/mol. The van der Waals surface area contributed by atoms with Gasteiger partial charge < -0.3 is 10.1 Å². The largest absolute Gasteiger partial charge is 0.481 e. The number of rotatable bonds is 6. The lowest BCUT2D eigenvalue weighted by atomic mass is 10.1. The molecule has 0 aliphatic heterocycles. The third-order valence-electron chi connectivity index (χ3n) is 4.82. The number of pyridine rings is 1. The number of aromatic nitrogens is 1. The molecule has 0 aliphatic rings. The lowest BCUT2D eigenvalue weighted by Gasteiger charge is -2.18. The van der Waals surface area contributed by atoms with Crippen molar-refractivity contribution in [3.8, 4) is 5.75 Å². The molecule has 1 N–H and O–H groups in total. The summed E-state index contributed by atoms with van der Waals surface area (Å²) in [5.74, 6) is 0.591. The van der Waals surface area contributed by atoms with Crippen molar-refractivity contribution >= 4 is 11.6 Å². The van der Waals surface area contributed by atoms with Crippen molar-refractivity contribution in [2.75, 3.05) is 5.32 Å². The molecule has 3 aromatic rings. The quantitative estimate of drug-likeness (QED) is 0.660. The molecule has 0 radical (unpaired) electrons. The minimum Gasteiger partial charge on any atom is -0.481 e. The van der Waals surface area contributed by atoms with E-state index >= 15 is 0 Å². The highest BCUT2D eigenvalue weighted by molar-refractivity contribution is 5.94. The molecule has 2 aromatic carbocycles. The number of benzene rings is 2. The van der Waals surface area contributed by atoms with Crippen LogP contribution in [0.3, 0.4) is 0 Å². The van der Waals surface area contributed by atoms with Crippen LogP contribution < -0.4 is 10.1 Å². The van der Waals surface area contributed by atoms with Crippen molar-refractivity contribution in [1.29, 1.82) is 0 Å². The number of anilines is 1. The molecule has 0 saturated carbocycles. The summed E-state index contributed by atoms with van der Waals surface area (Å²) in [5, 5.41) is 2.93. The van der Waals surface area contributed by atoms with Gasteiger partial charge in [0.25, 0.3) is 5.91 Å². The van der Waals surface area contributed by atoms with E-state index in [9.17, 15) is 4.79 Å². The van der Waals surface area contributed by atoms with E-state index in [-0.39, 0.29) is 5.91 Å². The summed E-state index contributed by atoms with van der Waals surface area (Å²) in [5.41, 5.74) is 6.49. The molecular weight excluding hydrogens is 348 g/mol. The molecule has 0 saturated heterocycles. The molecule has 1 heterocycles. The second-order valence-electron chi connectivity index (χ2n) is 7.18. The predicted molar refractivity (Wildman–Crippen MR) is 113 cm³/mol. The lowest BCUT2D eigenvalue weighted by molar-refractivity contribution is -0.122. The van der Waals surface area contributed by atoms with Gasteiger partial charge in [-0.1, -0.05) is 18.2 Å². The van der Waals surface area contributed by atoms with E-state index in [0.717, 1.165) is 34.5 Å². The van der Waals surface area contributed by atoms with Crippen LogP contribution in [-0.2, 0) is 11.2 Å². The van der Waals surface area contributed by atoms with Crippen molar-refractivity contribution in [2.45, 2.75) is 40.2 Å². The minimum absolute atomic E-state index is 0.166. The Hall–Kier alpha value is -3.14. The predicted octanol–water partition coefficient (Wildman–Crippen LogP) is 5.00. The molecule has 1 aromatic heterocycles. The maximum Gasteiger partial charge on any atom is 0.265 e. The number of hydrogen-bond donors (Lipinski definition) is 1. The SMILES string of the molecule is Cc1cc(C)c(C)c(O[C@H](C)C(=O)Nc2ccc(Cc3ccncc3)cc2)c1. The van der Waals surface area contributed by atoms with E-state index < -0.39 is 6.10 Å². The van der Waals surface area contributed by atoms with Gasteiger partial charge in [-0.2, -0.15) is 0 Å². The van der Waals surface area contributed by atoms with Crippen LogP contribution in [0.5, 0.6) is 5.75 Å². The van der Waals surface area contributed by atoms with Gasteiger partial charge in [-0.25, -0.2) is 0 Å². The zero-order valence-corrected chi connectivity index (χ0v) is 16.8. The summed E-state index contributed by atoms with van der Waals surface area (Å²) in [6, 6.07) is 16.0. The molecule has 4 heteroatoms. The van der Waals surface area contributed by atoms with Crippen molar-refractivity contribution in [2.24, 2.45) is 0 Å². The number of hydrogen-bond acceptors (Lipinski definition) is 3. The van der Waals surface area contributed by atoms with Crippen molar-refractivity contribution < 1.29 is 9.53 Å². The molecule has 1 atom stereocenters. The van der Waals surface area contributed by atoms with Crippen LogP contribution in [-0.4, -0.2) is 17.0 Å². The number of nitrogens with one attached hydrogen (secondary N) is 1. The average Bonchev–Trinajstić information content (AvgIpc) is 2.68. The fourth-order valence-corrected chi connectivity index (χ4v) is 3.05. The fourth-order valence-electron chi connectivity index (χ4n) is 3.05. The second kappa shape index (κ2) is 8.70. The Morgan fingerprint density at radius 2 is 1.64 bits per heavy atom. The smallest absolute Gasteiger partial charge is 0.265 e. The van der Waals surface area contributed by atoms with Crippen molar-refractivity contribution in [3.05, 3.63) is 88.7 Å². The molecule has 0 fully saturated rings. The Balaban J connectivity index is 1.61. The summed E-state index contributed by atoms with van der Waals surface area (Å²) in [6.07, 6.45) is 3.84. The molecule has 1 amide bonds. The molecule has 3 rings (SSSR count). The molecule has 0 unspecified atom stereocenters. The van der Waals surface area contributed by atoms with Gasteiger partial charge >= 0.3 is 0 Å². The van der Waals surface area contributed by atoms with Gasteiger partial charge in [0.05, 0.1) is 0 Å². The standard InChI is InChI=1S/C24H26N2O2/c1-16-13-17(2)18(3)23(14-16)28-19(4)24(27)26-22-7-5-20(6-8-22)15-21-9-11-25-12-10-21/h5-14,19H,15H2,1-4H3,(H,26,27)/t19-/m1/s1. The molecule has 144 valence electrons. The Bertz CT molecular complexity index is 950. The van der Waals surface area contributed by atoms with E-state index in [4.69, 9.17) is 4.74 Å². The summed E-state index contributed by atoms with van der Waals surface area (Å²) >= 11 is 0. The first-order valence-electron chi connectivity index (χ1n) is 9.45. The third kappa shape index (κ3) is 4.97. The third-order valence-corrected chi connectivity index (χ3v) is 4.82. The maximum atomic E-state index is 12.5. The first-order chi connectivity index (χ1) is 13.4. The van der Waals surface area contributed by atoms with Gasteiger partial charge in [0, 0.05) is 18.1 Å². The Morgan fingerprint density at radius 3 is 2.32 bits per heavy atom. The van der Waals surface area contributed by atoms with Crippen LogP contribution in [0.2, 0.25) is 0 Å². The normalized spacial score (nSPS) is 11.7. The first kappa shape index (κ1) is 19.6. The van der Waals surface area contributed by atoms with E-state index in [2.05, 4.69) is 16.4 Å². The van der Waals surface area contributed by atoms with Gasteiger partial charge in [0.2, 0.25) is 0 Å². The van der Waals surface area contributed by atoms with Gasteiger partial charge in [0.1, 0.15) is 5.75 Å². The van der Waals surface area contributed by atoms with Crippen LogP contribution in [0.15, 0.2) is 60.9 Å². The van der Waals surface area contributed by atoms with E-state index in [0.29, 0.717) is 0 Å². The topological polar surface area (TPSA) is 51.2 Å². The van der Waals surface area contributed by atoms with Crippen LogP contribution in [0, 0.1) is 20.8 Å². The van der Waals surface area contributed by atoms with Crippen LogP contribution in [0.4, 0.5) is 5.69 Å². The zero-order valence-electron chi connectivity index (χ0n) is 16.8. The number of aryl methyl sites for hydroxylation is 2. The van der Waals surface area contributed by atoms with Crippen molar-refractivity contribution in [3.63, 3.8) is 0 Å². The number of carbonyl (C=O) groups is 1. The molecule has 0 aliphatic carbocycles. The van der Waals surface area contributed by atoms with Crippen LogP contribution >= 0.6 is 0 Å². The number of amides is 1. The van der Waals surface area contributed by atoms with Gasteiger partial charge in [-0.05, 0) is 92.3 Å². The summed E-state index contributed by atoms with van der Waals surface area (Å²) in [7, 11) is 0.